The topological polar surface area (TPSA) is 41.1 Å². The highest BCUT2D eigenvalue weighted by molar-refractivity contribution is 5.78. The number of rotatable bonds is 7. The first-order chi connectivity index (χ1) is 9.45. The highest BCUT2D eigenvalue weighted by Crippen LogP contribution is 2.14. The van der Waals surface area contributed by atoms with E-state index in [9.17, 15) is 13.6 Å². The summed E-state index contributed by atoms with van der Waals surface area (Å²) < 4.78 is 27.0. The van der Waals surface area contributed by atoms with Gasteiger partial charge in [0.1, 0.15) is 11.6 Å². The van der Waals surface area contributed by atoms with Crippen LogP contribution < -0.4 is 10.6 Å². The molecule has 0 aliphatic rings. The Bertz CT molecular complexity index is 431. The smallest absolute Gasteiger partial charge is 0.224 e. The molecule has 2 atom stereocenters. The number of halogens is 2. The number of amides is 1. The van der Waals surface area contributed by atoms with E-state index >= 15 is 0 Å². The van der Waals surface area contributed by atoms with Crippen molar-refractivity contribution in [3.8, 4) is 0 Å². The molecule has 0 bridgehead atoms. The predicted octanol–water partition coefficient (Wildman–Crippen LogP) is 2.26. The lowest BCUT2D eigenvalue weighted by Gasteiger charge is -2.18. The summed E-state index contributed by atoms with van der Waals surface area (Å²) in [6.45, 7) is 6.91. The number of benzene rings is 1. The van der Waals surface area contributed by atoms with Gasteiger partial charge in [-0.05, 0) is 32.0 Å². The van der Waals surface area contributed by atoms with Gasteiger partial charge in [0.15, 0.2) is 0 Å². The lowest BCUT2D eigenvalue weighted by molar-refractivity contribution is -0.125. The third kappa shape index (κ3) is 4.89. The number of nitrogens with one attached hydrogen (secondary N) is 2. The van der Waals surface area contributed by atoms with Gasteiger partial charge in [0, 0.05) is 24.1 Å². The zero-order valence-electron chi connectivity index (χ0n) is 12.2. The molecule has 1 aromatic carbocycles. The molecule has 5 heteroatoms. The van der Waals surface area contributed by atoms with Crippen molar-refractivity contribution in [3.63, 3.8) is 0 Å². The third-order valence-corrected chi connectivity index (χ3v) is 3.11. The SMILES string of the molecule is CCNCC(C)C(=O)NC(C)Cc1c(F)cccc1F. The summed E-state index contributed by atoms with van der Waals surface area (Å²) in [6, 6.07) is 3.45. The minimum atomic E-state index is -0.577. The van der Waals surface area contributed by atoms with Crippen molar-refractivity contribution in [2.24, 2.45) is 5.92 Å². The fraction of sp³-hybridized carbons (Fsp3) is 0.533. The normalized spacial score (nSPS) is 13.8. The summed E-state index contributed by atoms with van der Waals surface area (Å²) in [4.78, 5) is 11.9. The number of carbonyl (C=O) groups excluding carboxylic acids is 1. The highest BCUT2D eigenvalue weighted by Gasteiger charge is 2.17. The lowest BCUT2D eigenvalue weighted by Crippen LogP contribution is -2.41. The van der Waals surface area contributed by atoms with E-state index in [1.165, 1.54) is 18.2 Å². The predicted molar refractivity (Wildman–Crippen MR) is 75.4 cm³/mol. The van der Waals surface area contributed by atoms with E-state index in [2.05, 4.69) is 10.6 Å². The minimum absolute atomic E-state index is 0.0136. The molecule has 0 heterocycles. The van der Waals surface area contributed by atoms with Gasteiger partial charge in [-0.15, -0.1) is 0 Å². The standard InChI is InChI=1S/C15H22F2N2O/c1-4-18-9-10(2)15(20)19-11(3)8-12-13(16)6-5-7-14(12)17/h5-7,10-11,18H,4,8-9H2,1-3H3,(H,19,20). The molecular weight excluding hydrogens is 262 g/mol. The Kier molecular flexibility index (Phi) is 6.58. The van der Waals surface area contributed by atoms with Crippen molar-refractivity contribution in [1.29, 1.82) is 0 Å². The molecule has 0 saturated carbocycles. The fourth-order valence-corrected chi connectivity index (χ4v) is 1.92. The van der Waals surface area contributed by atoms with Gasteiger partial charge in [0.25, 0.3) is 0 Å². The molecule has 2 unspecified atom stereocenters. The van der Waals surface area contributed by atoms with E-state index in [1.54, 1.807) is 6.92 Å². The molecule has 0 aliphatic heterocycles. The van der Waals surface area contributed by atoms with Gasteiger partial charge in [-0.25, -0.2) is 8.78 Å². The molecule has 1 aromatic rings. The van der Waals surface area contributed by atoms with Crippen molar-refractivity contribution >= 4 is 5.91 Å². The molecular formula is C15H22F2N2O. The Hall–Kier alpha value is -1.49. The van der Waals surface area contributed by atoms with E-state index in [-0.39, 0.29) is 29.9 Å². The fourth-order valence-electron chi connectivity index (χ4n) is 1.92. The van der Waals surface area contributed by atoms with Crippen LogP contribution in [0.15, 0.2) is 18.2 Å². The van der Waals surface area contributed by atoms with Crippen molar-refractivity contribution in [3.05, 3.63) is 35.4 Å². The van der Waals surface area contributed by atoms with Crippen LogP contribution in [-0.2, 0) is 11.2 Å². The molecule has 0 fully saturated rings. The third-order valence-electron chi connectivity index (χ3n) is 3.11. The number of hydrogen-bond donors (Lipinski definition) is 2. The van der Waals surface area contributed by atoms with Crippen molar-refractivity contribution in [1.82, 2.24) is 10.6 Å². The first-order valence-electron chi connectivity index (χ1n) is 6.89. The van der Waals surface area contributed by atoms with Gasteiger partial charge in [-0.1, -0.05) is 19.9 Å². The van der Waals surface area contributed by atoms with Crippen LogP contribution in [0.3, 0.4) is 0 Å². The first kappa shape index (κ1) is 16.6. The summed E-state index contributed by atoms with van der Waals surface area (Å²) in [5, 5.41) is 5.87. The summed E-state index contributed by atoms with van der Waals surface area (Å²) in [6.07, 6.45) is 0.137. The molecule has 1 rings (SSSR count). The van der Waals surface area contributed by atoms with Crippen LogP contribution in [-0.4, -0.2) is 25.0 Å². The zero-order valence-corrected chi connectivity index (χ0v) is 12.2. The quantitative estimate of drug-likeness (QED) is 0.806. The molecule has 0 spiro atoms. The Balaban J connectivity index is 2.55. The molecule has 3 nitrogen and oxygen atoms in total. The Labute approximate surface area is 118 Å². The molecule has 112 valence electrons. The van der Waals surface area contributed by atoms with E-state index in [1.807, 2.05) is 13.8 Å². The second-order valence-corrected chi connectivity index (χ2v) is 5.02. The van der Waals surface area contributed by atoms with Crippen LogP contribution in [0.2, 0.25) is 0 Å². The molecule has 0 radical (unpaired) electrons. The van der Waals surface area contributed by atoms with Gasteiger partial charge in [-0.3, -0.25) is 4.79 Å². The van der Waals surface area contributed by atoms with Crippen LogP contribution in [0.4, 0.5) is 8.78 Å². The van der Waals surface area contributed by atoms with Crippen molar-refractivity contribution in [2.75, 3.05) is 13.1 Å². The van der Waals surface area contributed by atoms with Crippen LogP contribution >= 0.6 is 0 Å². The molecule has 1 amide bonds. The average Bonchev–Trinajstić information content (AvgIpc) is 2.40. The molecule has 0 saturated heterocycles. The Morgan fingerprint density at radius 1 is 1.25 bits per heavy atom. The maximum Gasteiger partial charge on any atom is 0.224 e. The van der Waals surface area contributed by atoms with Crippen molar-refractivity contribution < 1.29 is 13.6 Å². The van der Waals surface area contributed by atoms with Gasteiger partial charge in [0.05, 0.1) is 0 Å². The largest absolute Gasteiger partial charge is 0.353 e. The first-order valence-corrected chi connectivity index (χ1v) is 6.89. The second kappa shape index (κ2) is 7.94. The maximum atomic E-state index is 13.5. The summed E-state index contributed by atoms with van der Waals surface area (Å²) in [7, 11) is 0. The monoisotopic (exact) mass is 284 g/mol. The summed E-state index contributed by atoms with van der Waals surface area (Å²) in [5.74, 6) is -1.45. The highest BCUT2D eigenvalue weighted by atomic mass is 19.1. The van der Waals surface area contributed by atoms with Crippen LogP contribution in [0.25, 0.3) is 0 Å². The van der Waals surface area contributed by atoms with Crippen LogP contribution in [0.1, 0.15) is 26.3 Å². The van der Waals surface area contributed by atoms with Gasteiger partial charge in [0.2, 0.25) is 5.91 Å². The van der Waals surface area contributed by atoms with Gasteiger partial charge >= 0.3 is 0 Å². The minimum Gasteiger partial charge on any atom is -0.353 e. The lowest BCUT2D eigenvalue weighted by atomic mass is 10.0. The zero-order chi connectivity index (χ0) is 15.1. The van der Waals surface area contributed by atoms with Crippen molar-refractivity contribution in [2.45, 2.75) is 33.2 Å². The van der Waals surface area contributed by atoms with E-state index in [0.717, 1.165) is 6.54 Å². The number of carbonyl (C=O) groups is 1. The Morgan fingerprint density at radius 2 is 1.85 bits per heavy atom. The van der Waals surface area contributed by atoms with Gasteiger partial charge < -0.3 is 10.6 Å². The maximum absolute atomic E-state index is 13.5. The molecule has 0 aromatic heterocycles. The molecule has 2 N–H and O–H groups in total. The van der Waals surface area contributed by atoms with E-state index < -0.39 is 11.6 Å². The Morgan fingerprint density at radius 3 is 2.40 bits per heavy atom. The van der Waals surface area contributed by atoms with E-state index in [0.29, 0.717) is 6.54 Å². The molecule has 0 aliphatic carbocycles. The second-order valence-electron chi connectivity index (χ2n) is 5.02. The summed E-state index contributed by atoms with van der Waals surface area (Å²) in [5.41, 5.74) is 0.0136. The van der Waals surface area contributed by atoms with Gasteiger partial charge in [-0.2, -0.15) is 0 Å². The molecule has 20 heavy (non-hydrogen) atoms. The van der Waals surface area contributed by atoms with Crippen LogP contribution in [0, 0.1) is 17.6 Å². The average molecular weight is 284 g/mol. The van der Waals surface area contributed by atoms with E-state index in [4.69, 9.17) is 0 Å². The summed E-state index contributed by atoms with van der Waals surface area (Å²) >= 11 is 0. The number of hydrogen-bond acceptors (Lipinski definition) is 2. The van der Waals surface area contributed by atoms with Crippen LogP contribution in [0.5, 0.6) is 0 Å².